The first-order valence-electron chi connectivity index (χ1n) is 13.4. The molecule has 0 aliphatic carbocycles. The fourth-order valence-corrected chi connectivity index (χ4v) is 5.03. The van der Waals surface area contributed by atoms with Gasteiger partial charge in [-0.25, -0.2) is 15.0 Å². The summed E-state index contributed by atoms with van der Waals surface area (Å²) in [5, 5.41) is 0. The van der Waals surface area contributed by atoms with Gasteiger partial charge in [0.1, 0.15) is 11.3 Å². The summed E-state index contributed by atoms with van der Waals surface area (Å²) in [6.45, 7) is 7.40. The van der Waals surface area contributed by atoms with Crippen LogP contribution in [0.2, 0.25) is 0 Å². The summed E-state index contributed by atoms with van der Waals surface area (Å²) < 4.78 is 7.59. The number of hydrogen-bond acceptors (Lipinski definition) is 7. The third-order valence-electron chi connectivity index (χ3n) is 7.62. The molecule has 5 aromatic rings. The topological polar surface area (TPSA) is 108 Å². The highest BCUT2D eigenvalue weighted by molar-refractivity contribution is 5.84. The number of benzene rings is 2. The molecule has 0 radical (unpaired) electrons. The zero-order valence-electron chi connectivity index (χ0n) is 22.3. The average Bonchev–Trinajstić information content (AvgIpc) is 3.36. The van der Waals surface area contributed by atoms with Crippen molar-refractivity contribution in [3.05, 3.63) is 84.6 Å². The van der Waals surface area contributed by atoms with Crippen LogP contribution >= 0.6 is 0 Å². The van der Waals surface area contributed by atoms with Gasteiger partial charge >= 0.3 is 0 Å². The highest BCUT2D eigenvalue weighted by atomic mass is 16.5. The van der Waals surface area contributed by atoms with Gasteiger partial charge in [-0.15, -0.1) is 0 Å². The van der Waals surface area contributed by atoms with E-state index in [0.717, 1.165) is 72.0 Å². The van der Waals surface area contributed by atoms with Gasteiger partial charge in [-0.1, -0.05) is 31.2 Å². The number of fused-ring (bicyclic) bond motifs is 1. The van der Waals surface area contributed by atoms with Gasteiger partial charge in [0, 0.05) is 41.8 Å². The van der Waals surface area contributed by atoms with E-state index in [1.165, 1.54) is 5.69 Å². The lowest BCUT2D eigenvalue weighted by molar-refractivity contribution is 0.122. The first-order chi connectivity index (χ1) is 18.9. The second kappa shape index (κ2) is 10.1. The van der Waals surface area contributed by atoms with Crippen molar-refractivity contribution in [2.45, 2.75) is 25.8 Å². The third kappa shape index (κ3) is 4.73. The fraction of sp³-hybridized carbons (Fsp3) is 0.258. The molecule has 1 atom stereocenters. The number of hydrogen-bond donors (Lipinski definition) is 2. The van der Waals surface area contributed by atoms with E-state index in [0.29, 0.717) is 11.6 Å². The van der Waals surface area contributed by atoms with Crippen LogP contribution in [0.5, 0.6) is 0 Å². The molecule has 1 saturated heterocycles. The van der Waals surface area contributed by atoms with E-state index in [2.05, 4.69) is 76.8 Å². The van der Waals surface area contributed by atoms with Crippen LogP contribution in [0.25, 0.3) is 39.5 Å². The van der Waals surface area contributed by atoms with Crippen molar-refractivity contribution in [1.82, 2.24) is 19.5 Å². The Morgan fingerprint density at radius 1 is 0.923 bits per heavy atom. The molecule has 4 N–H and O–H groups in total. The highest BCUT2D eigenvalue weighted by Gasteiger charge is 2.21. The molecule has 39 heavy (non-hydrogen) atoms. The van der Waals surface area contributed by atoms with Crippen molar-refractivity contribution in [3.8, 4) is 28.3 Å². The first kappa shape index (κ1) is 25.0. The monoisotopic (exact) mass is 519 g/mol. The Hall–Kier alpha value is -4.27. The van der Waals surface area contributed by atoms with Crippen molar-refractivity contribution < 1.29 is 4.74 Å². The minimum absolute atomic E-state index is 0.400. The Labute approximate surface area is 228 Å². The van der Waals surface area contributed by atoms with Crippen molar-refractivity contribution >= 4 is 22.7 Å². The molecule has 0 saturated carbocycles. The maximum Gasteiger partial charge on any atom is 0.165 e. The molecule has 3 aromatic heterocycles. The van der Waals surface area contributed by atoms with E-state index >= 15 is 0 Å². The largest absolute Gasteiger partial charge is 0.383 e. The van der Waals surface area contributed by atoms with Crippen molar-refractivity contribution in [1.29, 1.82) is 0 Å². The lowest BCUT2D eigenvalue weighted by Crippen LogP contribution is -2.36. The fourth-order valence-electron chi connectivity index (χ4n) is 5.03. The van der Waals surface area contributed by atoms with Gasteiger partial charge in [-0.05, 0) is 67.4 Å². The molecule has 0 amide bonds. The van der Waals surface area contributed by atoms with Crippen LogP contribution in [0.3, 0.4) is 0 Å². The molecule has 0 spiro atoms. The lowest BCUT2D eigenvalue weighted by atomic mass is 9.90. The Morgan fingerprint density at radius 2 is 1.72 bits per heavy atom. The van der Waals surface area contributed by atoms with Gasteiger partial charge in [0.2, 0.25) is 0 Å². The molecule has 1 aliphatic heterocycles. The molecular weight excluding hydrogens is 486 g/mol. The SMILES string of the molecule is CCC(C)(N)c1ccc(-n2c(-c3cccnc3N)nc3ccc(-c4cccc(N5CCOCC5)c4)nc32)cc1. The van der Waals surface area contributed by atoms with E-state index in [4.69, 9.17) is 26.2 Å². The van der Waals surface area contributed by atoms with E-state index in [9.17, 15) is 0 Å². The molecule has 2 aromatic carbocycles. The Bertz CT molecular complexity index is 1620. The number of morpholine rings is 1. The van der Waals surface area contributed by atoms with Crippen molar-refractivity contribution in [2.24, 2.45) is 5.73 Å². The summed E-state index contributed by atoms with van der Waals surface area (Å²) in [6, 6.07) is 24.7. The molecule has 1 fully saturated rings. The minimum Gasteiger partial charge on any atom is -0.383 e. The number of anilines is 2. The van der Waals surface area contributed by atoms with E-state index in [1.54, 1.807) is 6.20 Å². The summed E-state index contributed by atoms with van der Waals surface area (Å²) in [7, 11) is 0. The molecule has 6 rings (SSSR count). The normalized spacial score (nSPS) is 15.4. The second-order valence-electron chi connectivity index (χ2n) is 10.2. The van der Waals surface area contributed by atoms with Crippen molar-refractivity contribution in [2.75, 3.05) is 36.9 Å². The molecule has 0 bridgehead atoms. The first-order valence-corrected chi connectivity index (χ1v) is 13.4. The maximum atomic E-state index is 6.52. The molecule has 1 unspecified atom stereocenters. The van der Waals surface area contributed by atoms with Gasteiger partial charge in [-0.2, -0.15) is 0 Å². The predicted molar refractivity (Wildman–Crippen MR) is 157 cm³/mol. The molecule has 198 valence electrons. The number of ether oxygens (including phenoxy) is 1. The van der Waals surface area contributed by atoms with Gasteiger partial charge in [-0.3, -0.25) is 4.57 Å². The number of nitrogens with two attached hydrogens (primary N) is 2. The van der Waals surface area contributed by atoms with Crippen LogP contribution in [0.1, 0.15) is 25.8 Å². The number of rotatable bonds is 6. The second-order valence-corrected chi connectivity index (χ2v) is 10.2. The molecule has 8 heteroatoms. The van der Waals surface area contributed by atoms with Gasteiger partial charge in [0.15, 0.2) is 11.5 Å². The van der Waals surface area contributed by atoms with Gasteiger partial charge < -0.3 is 21.1 Å². The molecular formula is C31H33N7O. The number of imidazole rings is 1. The number of pyridine rings is 2. The summed E-state index contributed by atoms with van der Waals surface area (Å²) >= 11 is 0. The Kier molecular flexibility index (Phi) is 6.50. The number of nitrogens with zero attached hydrogens (tertiary/aromatic N) is 5. The summed E-state index contributed by atoms with van der Waals surface area (Å²) in [5.41, 5.74) is 19.8. The quantitative estimate of drug-likeness (QED) is 0.319. The van der Waals surface area contributed by atoms with Crippen molar-refractivity contribution in [3.63, 3.8) is 0 Å². The van der Waals surface area contributed by atoms with E-state index < -0.39 is 5.54 Å². The van der Waals surface area contributed by atoms with E-state index in [1.807, 2.05) is 24.3 Å². The Morgan fingerprint density at radius 3 is 2.46 bits per heavy atom. The van der Waals surface area contributed by atoms with Crippen LogP contribution in [0.4, 0.5) is 11.5 Å². The summed E-state index contributed by atoms with van der Waals surface area (Å²) in [5.74, 6) is 1.12. The summed E-state index contributed by atoms with van der Waals surface area (Å²) in [4.78, 5) is 16.8. The molecule has 8 nitrogen and oxygen atoms in total. The molecule has 1 aliphatic rings. The maximum absolute atomic E-state index is 6.52. The lowest BCUT2D eigenvalue weighted by Gasteiger charge is -2.29. The Balaban J connectivity index is 1.50. The number of aromatic nitrogens is 4. The van der Waals surface area contributed by atoms with Gasteiger partial charge in [0.05, 0.1) is 24.5 Å². The van der Waals surface area contributed by atoms with Gasteiger partial charge in [0.25, 0.3) is 0 Å². The predicted octanol–water partition coefficient (Wildman–Crippen LogP) is 5.15. The smallest absolute Gasteiger partial charge is 0.165 e. The standard InChI is InChI=1S/C31H33N7O/c1-3-31(2,33)22-9-11-23(12-10-22)38-29(25-8-5-15-34-28(25)32)36-27-14-13-26(35-30(27)38)21-6-4-7-24(20-21)37-16-18-39-19-17-37/h4-15,20H,3,16-19,33H2,1-2H3,(H2,32,34). The highest BCUT2D eigenvalue weighted by Crippen LogP contribution is 2.33. The van der Waals surface area contributed by atoms with Crippen LogP contribution < -0.4 is 16.4 Å². The summed E-state index contributed by atoms with van der Waals surface area (Å²) in [6.07, 6.45) is 2.53. The number of nitrogen functional groups attached to an aromatic ring is 1. The minimum atomic E-state index is -0.400. The van der Waals surface area contributed by atoms with Crippen LogP contribution in [-0.2, 0) is 10.3 Å². The van der Waals surface area contributed by atoms with Crippen LogP contribution in [-0.4, -0.2) is 45.8 Å². The molecule has 4 heterocycles. The zero-order chi connectivity index (χ0) is 27.0. The van der Waals surface area contributed by atoms with Crippen LogP contribution in [0.15, 0.2) is 79.0 Å². The average molecular weight is 520 g/mol. The zero-order valence-corrected chi connectivity index (χ0v) is 22.3. The van der Waals surface area contributed by atoms with E-state index in [-0.39, 0.29) is 0 Å². The van der Waals surface area contributed by atoms with Crippen LogP contribution in [0, 0.1) is 0 Å². The third-order valence-corrected chi connectivity index (χ3v) is 7.62.